The standard InChI is InChI=1S/C43H58N8O7SSi/c1-42(43(2,55-5)56-6)37-36(47-48-51(37)29-57-24-25-60(8,9)10)35-39(45-41(59-7)46-40(35)58-42)49(22-23-52)28-32-12-11-21-44-38(32)50(26-30-13-17-33(53-3)18-14-30)27-31-15-19-34(54-4)20-16-31/h11-21,52H,22-29H2,1-10H3. The number of nitrogens with zero attached hydrogens (tertiary/aromatic N) is 8. The van der Waals surface area contributed by atoms with E-state index < -0.39 is 19.5 Å². The smallest absolute Gasteiger partial charge is 0.230 e. The first-order valence-electron chi connectivity index (χ1n) is 19.9. The molecular weight excluding hydrogens is 801 g/mol. The van der Waals surface area contributed by atoms with Gasteiger partial charge in [0.2, 0.25) is 17.3 Å². The fourth-order valence-electron chi connectivity index (χ4n) is 7.14. The zero-order valence-corrected chi connectivity index (χ0v) is 38.2. The Morgan fingerprint density at radius 3 is 2.05 bits per heavy atom. The first kappa shape index (κ1) is 44.8. The molecule has 0 aliphatic carbocycles. The van der Waals surface area contributed by atoms with Gasteiger partial charge in [-0.2, -0.15) is 4.98 Å². The van der Waals surface area contributed by atoms with Gasteiger partial charge in [0.05, 0.1) is 20.8 Å². The van der Waals surface area contributed by atoms with E-state index in [0.717, 1.165) is 40.1 Å². The highest BCUT2D eigenvalue weighted by molar-refractivity contribution is 7.98. The molecule has 0 amide bonds. The minimum atomic E-state index is -1.35. The predicted molar refractivity (Wildman–Crippen MR) is 236 cm³/mol. The molecule has 1 atom stereocenters. The van der Waals surface area contributed by atoms with Gasteiger partial charge in [-0.3, -0.25) is 0 Å². The molecule has 0 spiro atoms. The summed E-state index contributed by atoms with van der Waals surface area (Å²) in [5, 5.41) is 20.5. The third-order valence-corrected chi connectivity index (χ3v) is 13.1. The van der Waals surface area contributed by atoms with Gasteiger partial charge in [0, 0.05) is 66.8 Å². The Morgan fingerprint density at radius 2 is 1.50 bits per heavy atom. The normalized spacial score (nSPS) is 14.9. The Hall–Kier alpha value is -4.78. The van der Waals surface area contributed by atoms with Crippen LogP contribution in [0.4, 0.5) is 11.6 Å². The molecule has 3 aromatic heterocycles. The summed E-state index contributed by atoms with van der Waals surface area (Å²) in [6.45, 7) is 12.9. The van der Waals surface area contributed by atoms with Gasteiger partial charge < -0.3 is 43.3 Å². The minimum Gasteiger partial charge on any atom is -0.497 e. The zero-order chi connectivity index (χ0) is 43.1. The molecule has 5 aromatic rings. The van der Waals surface area contributed by atoms with E-state index in [9.17, 15) is 5.11 Å². The van der Waals surface area contributed by atoms with Crippen LogP contribution in [0.25, 0.3) is 11.3 Å². The van der Waals surface area contributed by atoms with Crippen molar-refractivity contribution in [2.24, 2.45) is 0 Å². The molecule has 0 fully saturated rings. The Morgan fingerprint density at radius 1 is 0.867 bits per heavy atom. The molecule has 1 aliphatic rings. The first-order valence-corrected chi connectivity index (χ1v) is 24.8. The van der Waals surface area contributed by atoms with Crippen LogP contribution in [0.2, 0.25) is 25.7 Å². The van der Waals surface area contributed by atoms with Gasteiger partial charge in [-0.25, -0.2) is 14.6 Å². The number of methoxy groups -OCH3 is 4. The fourth-order valence-corrected chi connectivity index (χ4v) is 8.25. The Bertz CT molecular complexity index is 2130. The zero-order valence-electron chi connectivity index (χ0n) is 36.4. The average Bonchev–Trinajstić information content (AvgIpc) is 3.69. The minimum absolute atomic E-state index is 0.140. The predicted octanol–water partition coefficient (Wildman–Crippen LogP) is 7.00. The topological polar surface area (TPSA) is 151 Å². The summed E-state index contributed by atoms with van der Waals surface area (Å²) in [6.07, 6.45) is 3.71. The van der Waals surface area contributed by atoms with Crippen LogP contribution < -0.4 is 24.0 Å². The van der Waals surface area contributed by atoms with Gasteiger partial charge in [0.25, 0.3) is 0 Å². The number of hydrogen-bond acceptors (Lipinski definition) is 15. The Kier molecular flexibility index (Phi) is 14.4. The highest BCUT2D eigenvalue weighted by atomic mass is 32.2. The number of rotatable bonds is 21. The number of aromatic nitrogens is 6. The highest BCUT2D eigenvalue weighted by Gasteiger charge is 2.57. The van der Waals surface area contributed by atoms with E-state index in [2.05, 4.69) is 60.1 Å². The Labute approximate surface area is 358 Å². The third kappa shape index (κ3) is 9.71. The molecule has 1 aliphatic heterocycles. The lowest BCUT2D eigenvalue weighted by Gasteiger charge is -2.45. The van der Waals surface area contributed by atoms with E-state index in [0.29, 0.717) is 60.0 Å². The summed E-state index contributed by atoms with van der Waals surface area (Å²) < 4.78 is 37.8. The van der Waals surface area contributed by atoms with Gasteiger partial charge >= 0.3 is 0 Å². The van der Waals surface area contributed by atoms with Crippen LogP contribution in [0.15, 0.2) is 72.0 Å². The maximum Gasteiger partial charge on any atom is 0.230 e. The summed E-state index contributed by atoms with van der Waals surface area (Å²) in [4.78, 5) is 19.2. The summed E-state index contributed by atoms with van der Waals surface area (Å²) in [7, 11) is 5.12. The third-order valence-electron chi connectivity index (χ3n) is 10.9. The van der Waals surface area contributed by atoms with E-state index in [1.54, 1.807) is 39.3 Å². The lowest BCUT2D eigenvalue weighted by atomic mass is 9.86. The van der Waals surface area contributed by atoms with Crippen molar-refractivity contribution in [2.45, 2.75) is 82.4 Å². The first-order chi connectivity index (χ1) is 28.8. The quantitative estimate of drug-likeness (QED) is 0.0265. The number of thioether (sulfide) groups is 1. The van der Waals surface area contributed by atoms with Gasteiger partial charge in [-0.15, -0.1) is 5.10 Å². The second-order valence-corrected chi connectivity index (χ2v) is 22.4. The summed E-state index contributed by atoms with van der Waals surface area (Å²) >= 11 is 1.38. The van der Waals surface area contributed by atoms with E-state index in [1.807, 2.05) is 55.3 Å². The number of aliphatic hydroxyl groups is 1. The monoisotopic (exact) mass is 858 g/mol. The SMILES string of the molecule is COc1ccc(CN(Cc2ccc(OC)cc2)c2ncccc2CN(CCO)c2nc(SC)nc3c2-c2nnn(COCC[Si](C)(C)C)c2C(C)(C(C)(OC)OC)O3)cc1. The molecule has 4 heterocycles. The summed E-state index contributed by atoms with van der Waals surface area (Å²) in [5.74, 6) is 1.87. The molecule has 6 rings (SSSR count). The number of fused-ring (bicyclic) bond motifs is 3. The maximum absolute atomic E-state index is 10.6. The van der Waals surface area contributed by atoms with Crippen molar-refractivity contribution in [3.63, 3.8) is 0 Å². The van der Waals surface area contributed by atoms with Crippen molar-refractivity contribution in [3.05, 3.63) is 89.2 Å². The van der Waals surface area contributed by atoms with Crippen LogP contribution in [-0.4, -0.2) is 103 Å². The maximum atomic E-state index is 10.6. The van der Waals surface area contributed by atoms with Crippen molar-refractivity contribution in [3.8, 4) is 28.6 Å². The molecule has 1 N–H and O–H groups in total. The van der Waals surface area contributed by atoms with Crippen molar-refractivity contribution in [1.29, 1.82) is 0 Å². The fraction of sp³-hybridized carbons (Fsp3) is 0.465. The van der Waals surface area contributed by atoms with Crippen molar-refractivity contribution < 1.29 is 33.5 Å². The largest absolute Gasteiger partial charge is 0.497 e. The number of ether oxygens (including phenoxy) is 6. The van der Waals surface area contributed by atoms with Crippen molar-refractivity contribution >= 4 is 31.5 Å². The van der Waals surface area contributed by atoms with Crippen LogP contribution in [-0.2, 0) is 46.2 Å². The number of anilines is 2. The highest BCUT2D eigenvalue weighted by Crippen LogP contribution is 2.52. The van der Waals surface area contributed by atoms with E-state index >= 15 is 0 Å². The molecule has 17 heteroatoms. The molecular formula is C43H58N8O7SSi. The lowest BCUT2D eigenvalue weighted by Crippen LogP contribution is -2.56. The second-order valence-electron chi connectivity index (χ2n) is 16.0. The molecule has 60 heavy (non-hydrogen) atoms. The van der Waals surface area contributed by atoms with Crippen molar-refractivity contribution in [1.82, 2.24) is 29.9 Å². The molecule has 0 radical (unpaired) electrons. The summed E-state index contributed by atoms with van der Waals surface area (Å²) in [5.41, 5.74) is 3.43. The van der Waals surface area contributed by atoms with Gasteiger partial charge in [-0.05, 0) is 67.6 Å². The number of hydrogen-bond donors (Lipinski definition) is 1. The van der Waals surface area contributed by atoms with Crippen molar-refractivity contribution in [2.75, 3.05) is 64.3 Å². The molecule has 0 bridgehead atoms. The molecule has 2 aromatic carbocycles. The van der Waals surface area contributed by atoms with Crippen LogP contribution >= 0.6 is 11.8 Å². The second kappa shape index (κ2) is 19.3. The van der Waals surface area contributed by atoms with Crippen LogP contribution in [0.1, 0.15) is 36.2 Å². The molecule has 322 valence electrons. The lowest BCUT2D eigenvalue weighted by molar-refractivity contribution is -0.285. The molecule has 0 saturated carbocycles. The number of benzene rings is 2. The summed E-state index contributed by atoms with van der Waals surface area (Å²) in [6, 6.07) is 21.1. The molecule has 15 nitrogen and oxygen atoms in total. The molecule has 1 unspecified atom stereocenters. The van der Waals surface area contributed by atoms with Gasteiger partial charge in [-0.1, -0.05) is 66.9 Å². The average molecular weight is 859 g/mol. The van der Waals surface area contributed by atoms with Gasteiger partial charge in [0.1, 0.15) is 46.8 Å². The van der Waals surface area contributed by atoms with Gasteiger partial charge in [0.15, 0.2) is 5.16 Å². The Balaban J connectivity index is 1.45. The van der Waals surface area contributed by atoms with Crippen LogP contribution in [0, 0.1) is 0 Å². The van der Waals surface area contributed by atoms with E-state index in [4.69, 9.17) is 48.5 Å². The number of pyridine rings is 1. The van der Waals surface area contributed by atoms with Crippen LogP contribution in [0.5, 0.6) is 17.4 Å². The van der Waals surface area contributed by atoms with Crippen LogP contribution in [0.3, 0.4) is 0 Å². The van der Waals surface area contributed by atoms with E-state index in [-0.39, 0.29) is 19.9 Å². The molecule has 0 saturated heterocycles. The number of aliphatic hydroxyl groups excluding tert-OH is 1. The van der Waals surface area contributed by atoms with E-state index in [1.165, 1.54) is 11.8 Å².